The van der Waals surface area contributed by atoms with Crippen LogP contribution in [0.15, 0.2) is 41.0 Å². The van der Waals surface area contributed by atoms with Gasteiger partial charge in [-0.3, -0.25) is 0 Å². The first-order valence-corrected chi connectivity index (χ1v) is 7.03. The van der Waals surface area contributed by atoms with Gasteiger partial charge < -0.3 is 5.11 Å². The molecule has 1 N–H and O–H groups in total. The van der Waals surface area contributed by atoms with Gasteiger partial charge in [0, 0.05) is 0 Å². The Morgan fingerprint density at radius 2 is 1.80 bits per heavy atom. The molecule has 0 radical (unpaired) electrons. The third-order valence-corrected chi connectivity index (χ3v) is 4.58. The molecule has 1 aliphatic rings. The van der Waals surface area contributed by atoms with Crippen molar-refractivity contribution in [2.24, 2.45) is 5.41 Å². The van der Waals surface area contributed by atoms with Crippen LogP contribution in [0.1, 0.15) is 56.5 Å². The Kier molecular flexibility index (Phi) is 3.85. The van der Waals surface area contributed by atoms with Gasteiger partial charge in [-0.1, -0.05) is 37.6 Å². The largest absolute Gasteiger partial charge is 0.478 e. The molecule has 2 rings (SSSR count). The zero-order chi connectivity index (χ0) is 14.9. The van der Waals surface area contributed by atoms with Crippen LogP contribution in [0.4, 0.5) is 0 Å². The second-order valence-corrected chi connectivity index (χ2v) is 6.23. The number of carboxylic acid groups (broad SMARTS) is 1. The van der Waals surface area contributed by atoms with Gasteiger partial charge >= 0.3 is 5.97 Å². The SMILES string of the molecule is CC1=C(C)C(C)(C)CC/C1=C/c1ccc(C(=O)O)cc1. The van der Waals surface area contributed by atoms with E-state index in [1.54, 1.807) is 12.1 Å². The number of carboxylic acids is 1. The molecular weight excluding hydrogens is 248 g/mol. The van der Waals surface area contributed by atoms with Crippen LogP contribution in [0.5, 0.6) is 0 Å². The quantitative estimate of drug-likeness (QED) is 0.827. The molecule has 0 bridgehead atoms. The van der Waals surface area contributed by atoms with E-state index in [1.165, 1.54) is 16.7 Å². The van der Waals surface area contributed by atoms with Gasteiger partial charge in [0.15, 0.2) is 0 Å². The van der Waals surface area contributed by atoms with E-state index in [-0.39, 0.29) is 5.41 Å². The van der Waals surface area contributed by atoms with Gasteiger partial charge in [-0.2, -0.15) is 0 Å². The van der Waals surface area contributed by atoms with E-state index in [1.807, 2.05) is 12.1 Å². The lowest BCUT2D eigenvalue weighted by Crippen LogP contribution is -2.19. The van der Waals surface area contributed by atoms with Crippen LogP contribution in [0.3, 0.4) is 0 Å². The smallest absolute Gasteiger partial charge is 0.335 e. The van der Waals surface area contributed by atoms with Crippen molar-refractivity contribution >= 4 is 12.0 Å². The first-order valence-electron chi connectivity index (χ1n) is 7.03. The lowest BCUT2D eigenvalue weighted by atomic mass is 9.71. The predicted molar refractivity (Wildman–Crippen MR) is 82.8 cm³/mol. The molecule has 1 aliphatic carbocycles. The fraction of sp³-hybridized carbons (Fsp3) is 0.389. The maximum Gasteiger partial charge on any atom is 0.335 e. The summed E-state index contributed by atoms with van der Waals surface area (Å²) in [5.41, 5.74) is 5.89. The van der Waals surface area contributed by atoms with E-state index in [2.05, 4.69) is 33.8 Å². The number of carbonyl (C=O) groups is 1. The Hall–Kier alpha value is -1.83. The summed E-state index contributed by atoms with van der Waals surface area (Å²) in [5, 5.41) is 8.91. The molecule has 1 aromatic rings. The van der Waals surface area contributed by atoms with Crippen LogP contribution in [-0.4, -0.2) is 11.1 Å². The summed E-state index contributed by atoms with van der Waals surface area (Å²) in [6.45, 7) is 9.00. The average Bonchev–Trinajstić information content (AvgIpc) is 2.40. The van der Waals surface area contributed by atoms with Crippen molar-refractivity contribution in [3.05, 3.63) is 52.1 Å². The molecular formula is C18H22O2. The minimum absolute atomic E-state index is 0.286. The summed E-state index contributed by atoms with van der Waals surface area (Å²) in [4.78, 5) is 10.8. The van der Waals surface area contributed by atoms with Gasteiger partial charge in [0.25, 0.3) is 0 Å². The second-order valence-electron chi connectivity index (χ2n) is 6.23. The predicted octanol–water partition coefficient (Wildman–Crippen LogP) is 4.92. The van der Waals surface area contributed by atoms with E-state index in [9.17, 15) is 4.79 Å². The first kappa shape index (κ1) is 14.6. The van der Waals surface area contributed by atoms with Crippen molar-refractivity contribution < 1.29 is 9.90 Å². The van der Waals surface area contributed by atoms with Crippen LogP contribution in [0.25, 0.3) is 6.08 Å². The maximum absolute atomic E-state index is 10.8. The van der Waals surface area contributed by atoms with Crippen LogP contribution >= 0.6 is 0 Å². The van der Waals surface area contributed by atoms with Crippen molar-refractivity contribution in [2.45, 2.75) is 40.5 Å². The number of benzene rings is 1. The van der Waals surface area contributed by atoms with Gasteiger partial charge in [-0.25, -0.2) is 4.79 Å². The van der Waals surface area contributed by atoms with E-state index in [0.29, 0.717) is 5.56 Å². The van der Waals surface area contributed by atoms with E-state index >= 15 is 0 Å². The molecule has 0 aromatic heterocycles. The van der Waals surface area contributed by atoms with E-state index in [0.717, 1.165) is 18.4 Å². The molecule has 0 aliphatic heterocycles. The Morgan fingerprint density at radius 3 is 2.35 bits per heavy atom. The highest BCUT2D eigenvalue weighted by Crippen LogP contribution is 2.42. The standard InChI is InChI=1S/C18H22O2/c1-12-13(2)18(3,4)10-9-16(12)11-14-5-7-15(8-6-14)17(19)20/h5-8,11H,9-10H2,1-4H3,(H,19,20)/b16-11-. The Bertz CT molecular complexity index is 586. The highest BCUT2D eigenvalue weighted by Gasteiger charge is 2.27. The van der Waals surface area contributed by atoms with Crippen LogP contribution in [0, 0.1) is 5.41 Å². The van der Waals surface area contributed by atoms with Crippen LogP contribution < -0.4 is 0 Å². The highest BCUT2D eigenvalue weighted by atomic mass is 16.4. The van der Waals surface area contributed by atoms with Crippen molar-refractivity contribution in [2.75, 3.05) is 0 Å². The molecule has 2 heteroatoms. The summed E-state index contributed by atoms with van der Waals surface area (Å²) in [6, 6.07) is 7.07. The summed E-state index contributed by atoms with van der Waals surface area (Å²) in [7, 11) is 0. The molecule has 0 amide bonds. The number of hydrogen-bond donors (Lipinski definition) is 1. The molecule has 0 fully saturated rings. The summed E-state index contributed by atoms with van der Waals surface area (Å²) < 4.78 is 0. The lowest BCUT2D eigenvalue weighted by molar-refractivity contribution is 0.0697. The fourth-order valence-corrected chi connectivity index (χ4v) is 2.67. The van der Waals surface area contributed by atoms with Gasteiger partial charge in [0.1, 0.15) is 0 Å². The van der Waals surface area contributed by atoms with Crippen molar-refractivity contribution in [1.29, 1.82) is 0 Å². The molecule has 0 unspecified atom stereocenters. The van der Waals surface area contributed by atoms with E-state index in [4.69, 9.17) is 5.11 Å². The molecule has 0 heterocycles. The third kappa shape index (κ3) is 2.84. The summed E-state index contributed by atoms with van der Waals surface area (Å²) in [5.74, 6) is -0.879. The summed E-state index contributed by atoms with van der Waals surface area (Å²) in [6.07, 6.45) is 4.42. The molecule has 0 atom stereocenters. The second kappa shape index (κ2) is 5.28. The van der Waals surface area contributed by atoms with Gasteiger partial charge in [-0.15, -0.1) is 0 Å². The molecule has 0 spiro atoms. The first-order chi connectivity index (χ1) is 9.31. The molecule has 1 aromatic carbocycles. The lowest BCUT2D eigenvalue weighted by Gasteiger charge is -2.34. The molecule has 106 valence electrons. The fourth-order valence-electron chi connectivity index (χ4n) is 2.67. The van der Waals surface area contributed by atoms with Gasteiger partial charge in [0.05, 0.1) is 5.56 Å². The van der Waals surface area contributed by atoms with Crippen LogP contribution in [0.2, 0.25) is 0 Å². The normalized spacial score (nSPS) is 20.3. The number of rotatable bonds is 2. The van der Waals surface area contributed by atoms with Crippen LogP contribution in [-0.2, 0) is 0 Å². The van der Waals surface area contributed by atoms with Crippen molar-refractivity contribution in [1.82, 2.24) is 0 Å². The molecule has 2 nitrogen and oxygen atoms in total. The number of aromatic carboxylic acids is 1. The molecule has 0 saturated heterocycles. The summed E-state index contributed by atoms with van der Waals surface area (Å²) >= 11 is 0. The Labute approximate surface area is 120 Å². The van der Waals surface area contributed by atoms with E-state index < -0.39 is 5.97 Å². The zero-order valence-electron chi connectivity index (χ0n) is 12.7. The highest BCUT2D eigenvalue weighted by molar-refractivity contribution is 5.87. The van der Waals surface area contributed by atoms with Crippen molar-refractivity contribution in [3.8, 4) is 0 Å². The van der Waals surface area contributed by atoms with Gasteiger partial charge in [0.2, 0.25) is 0 Å². The van der Waals surface area contributed by atoms with Crippen molar-refractivity contribution in [3.63, 3.8) is 0 Å². The Morgan fingerprint density at radius 1 is 1.20 bits per heavy atom. The minimum Gasteiger partial charge on any atom is -0.478 e. The zero-order valence-corrected chi connectivity index (χ0v) is 12.7. The monoisotopic (exact) mass is 270 g/mol. The van der Waals surface area contributed by atoms with Gasteiger partial charge in [-0.05, 0) is 60.9 Å². The number of hydrogen-bond acceptors (Lipinski definition) is 1. The molecule has 20 heavy (non-hydrogen) atoms. The maximum atomic E-state index is 10.8. The average molecular weight is 270 g/mol. The molecule has 0 saturated carbocycles. The number of allylic oxidation sites excluding steroid dienone is 3. The third-order valence-electron chi connectivity index (χ3n) is 4.58. The topological polar surface area (TPSA) is 37.3 Å². The Balaban J connectivity index is 2.32. The minimum atomic E-state index is -0.879.